The van der Waals surface area contributed by atoms with Gasteiger partial charge in [-0.2, -0.15) is 0 Å². The van der Waals surface area contributed by atoms with E-state index >= 15 is 0 Å². The van der Waals surface area contributed by atoms with E-state index in [4.69, 9.17) is 9.47 Å². The van der Waals surface area contributed by atoms with Crippen LogP contribution in [-0.2, 0) is 19.1 Å². The Morgan fingerprint density at radius 2 is 1.85 bits per heavy atom. The van der Waals surface area contributed by atoms with Crippen molar-refractivity contribution in [2.45, 2.75) is 38.7 Å². The van der Waals surface area contributed by atoms with Gasteiger partial charge in [-0.15, -0.1) is 0 Å². The number of hydrogen-bond acceptors (Lipinski definition) is 4. The minimum atomic E-state index is -0.954. The zero-order chi connectivity index (χ0) is 14.4. The third-order valence-electron chi connectivity index (χ3n) is 3.53. The monoisotopic (exact) mass is 276 g/mol. The molecule has 108 valence electrons. The summed E-state index contributed by atoms with van der Waals surface area (Å²) in [4.78, 5) is 24.1. The van der Waals surface area contributed by atoms with Gasteiger partial charge in [0.2, 0.25) is 6.10 Å². The first kappa shape index (κ1) is 14.6. The van der Waals surface area contributed by atoms with Crippen molar-refractivity contribution >= 4 is 11.9 Å². The molecule has 0 saturated heterocycles. The third kappa shape index (κ3) is 3.59. The Kier molecular flexibility index (Phi) is 5.16. The normalized spacial score (nSPS) is 16.6. The summed E-state index contributed by atoms with van der Waals surface area (Å²) in [5.74, 6) is -0.870. The number of carbonyl (C=O) groups excluding carboxylic acids is 2. The fraction of sp³-hybridized carbons (Fsp3) is 0.500. The van der Waals surface area contributed by atoms with Crippen LogP contribution in [0.2, 0.25) is 0 Å². The van der Waals surface area contributed by atoms with E-state index in [1.165, 1.54) is 0 Å². The molecule has 1 unspecified atom stereocenters. The van der Waals surface area contributed by atoms with E-state index in [1.54, 1.807) is 19.1 Å². The fourth-order valence-electron chi connectivity index (χ4n) is 2.47. The van der Waals surface area contributed by atoms with Gasteiger partial charge in [-0.1, -0.05) is 43.2 Å². The predicted octanol–water partition coefficient (Wildman–Crippen LogP) is 3.02. The van der Waals surface area contributed by atoms with Crippen LogP contribution in [0.4, 0.5) is 0 Å². The van der Waals surface area contributed by atoms with Gasteiger partial charge in [-0.3, -0.25) is 4.79 Å². The van der Waals surface area contributed by atoms with Gasteiger partial charge in [0.05, 0.1) is 12.5 Å². The zero-order valence-electron chi connectivity index (χ0n) is 11.7. The topological polar surface area (TPSA) is 52.6 Å². The maximum atomic E-state index is 12.1. The van der Waals surface area contributed by atoms with E-state index in [0.717, 1.165) is 25.7 Å². The number of hydrogen-bond donors (Lipinski definition) is 0. The molecule has 0 amide bonds. The molecule has 1 aromatic carbocycles. The Morgan fingerprint density at radius 3 is 2.45 bits per heavy atom. The highest BCUT2D eigenvalue weighted by atomic mass is 16.6. The minimum Gasteiger partial charge on any atom is -0.463 e. The van der Waals surface area contributed by atoms with E-state index in [0.29, 0.717) is 5.56 Å². The summed E-state index contributed by atoms with van der Waals surface area (Å²) < 4.78 is 10.4. The Balaban J connectivity index is 2.10. The highest BCUT2D eigenvalue weighted by molar-refractivity contribution is 5.81. The molecular weight excluding hydrogens is 256 g/mol. The van der Waals surface area contributed by atoms with Crippen LogP contribution in [0.5, 0.6) is 0 Å². The first-order valence-corrected chi connectivity index (χ1v) is 7.14. The molecule has 0 heterocycles. The average Bonchev–Trinajstić information content (AvgIpc) is 3.00. The van der Waals surface area contributed by atoms with Crippen molar-refractivity contribution in [3.63, 3.8) is 0 Å². The molecule has 0 radical (unpaired) electrons. The van der Waals surface area contributed by atoms with Crippen LogP contribution in [0, 0.1) is 5.92 Å². The smallest absolute Gasteiger partial charge is 0.352 e. The summed E-state index contributed by atoms with van der Waals surface area (Å²) in [6, 6.07) is 9.01. The van der Waals surface area contributed by atoms with Crippen molar-refractivity contribution in [3.8, 4) is 0 Å². The van der Waals surface area contributed by atoms with Gasteiger partial charge in [0.25, 0.3) is 0 Å². The third-order valence-corrected chi connectivity index (χ3v) is 3.53. The molecule has 1 aliphatic carbocycles. The molecule has 1 aromatic rings. The Labute approximate surface area is 119 Å². The van der Waals surface area contributed by atoms with Crippen molar-refractivity contribution in [1.29, 1.82) is 0 Å². The second-order valence-electron chi connectivity index (χ2n) is 4.96. The van der Waals surface area contributed by atoms with Gasteiger partial charge in [0.15, 0.2) is 0 Å². The lowest BCUT2D eigenvalue weighted by Gasteiger charge is -2.18. The fourth-order valence-corrected chi connectivity index (χ4v) is 2.47. The molecule has 4 heteroatoms. The largest absolute Gasteiger partial charge is 0.463 e. The summed E-state index contributed by atoms with van der Waals surface area (Å²) in [5.41, 5.74) is 0.650. The van der Waals surface area contributed by atoms with Gasteiger partial charge >= 0.3 is 11.9 Å². The lowest BCUT2D eigenvalue weighted by molar-refractivity contribution is -0.170. The summed E-state index contributed by atoms with van der Waals surface area (Å²) in [6.07, 6.45) is 2.85. The quantitative estimate of drug-likeness (QED) is 0.776. The number of rotatable bonds is 5. The molecule has 0 aliphatic heterocycles. The first-order chi connectivity index (χ1) is 9.72. The van der Waals surface area contributed by atoms with Crippen LogP contribution in [0.1, 0.15) is 44.3 Å². The zero-order valence-corrected chi connectivity index (χ0v) is 11.7. The van der Waals surface area contributed by atoms with Crippen LogP contribution < -0.4 is 0 Å². The molecule has 1 fully saturated rings. The summed E-state index contributed by atoms with van der Waals surface area (Å²) in [6.45, 7) is 2.00. The van der Waals surface area contributed by atoms with Gasteiger partial charge in [0.1, 0.15) is 0 Å². The maximum absolute atomic E-state index is 12.1. The van der Waals surface area contributed by atoms with E-state index in [2.05, 4.69) is 0 Å². The molecule has 0 N–H and O–H groups in total. The number of ether oxygens (including phenoxy) is 2. The Bertz CT molecular complexity index is 449. The van der Waals surface area contributed by atoms with Crippen molar-refractivity contribution in [2.75, 3.05) is 6.61 Å². The molecule has 0 aromatic heterocycles. The number of carbonyl (C=O) groups is 2. The van der Waals surface area contributed by atoms with E-state index in [1.807, 2.05) is 18.2 Å². The second kappa shape index (κ2) is 7.08. The van der Waals surface area contributed by atoms with Crippen LogP contribution >= 0.6 is 0 Å². The van der Waals surface area contributed by atoms with Crippen molar-refractivity contribution in [3.05, 3.63) is 35.9 Å². The lowest BCUT2D eigenvalue weighted by Crippen LogP contribution is -2.25. The Hall–Kier alpha value is -1.84. The lowest BCUT2D eigenvalue weighted by atomic mass is 10.1. The predicted molar refractivity (Wildman–Crippen MR) is 73.9 cm³/mol. The summed E-state index contributed by atoms with van der Waals surface area (Å²) in [7, 11) is 0. The summed E-state index contributed by atoms with van der Waals surface area (Å²) >= 11 is 0. The molecule has 0 spiro atoms. The maximum Gasteiger partial charge on any atom is 0.352 e. The average molecular weight is 276 g/mol. The number of esters is 2. The van der Waals surface area contributed by atoms with E-state index < -0.39 is 12.1 Å². The SMILES string of the molecule is CCOC(=O)C(OC(=O)C1CCCC1)c1ccccc1. The van der Waals surface area contributed by atoms with Gasteiger partial charge in [-0.25, -0.2) is 4.79 Å². The highest BCUT2D eigenvalue weighted by Crippen LogP contribution is 2.28. The highest BCUT2D eigenvalue weighted by Gasteiger charge is 2.31. The number of benzene rings is 1. The second-order valence-corrected chi connectivity index (χ2v) is 4.96. The molecule has 1 aliphatic rings. The van der Waals surface area contributed by atoms with Crippen LogP contribution in [-0.4, -0.2) is 18.5 Å². The van der Waals surface area contributed by atoms with Gasteiger partial charge in [-0.05, 0) is 19.8 Å². The van der Waals surface area contributed by atoms with Crippen LogP contribution in [0.25, 0.3) is 0 Å². The van der Waals surface area contributed by atoms with Crippen molar-refractivity contribution < 1.29 is 19.1 Å². The van der Waals surface area contributed by atoms with Crippen LogP contribution in [0.3, 0.4) is 0 Å². The van der Waals surface area contributed by atoms with Gasteiger partial charge < -0.3 is 9.47 Å². The minimum absolute atomic E-state index is 0.0735. The first-order valence-electron chi connectivity index (χ1n) is 7.14. The summed E-state index contributed by atoms with van der Waals surface area (Å²) in [5, 5.41) is 0. The Morgan fingerprint density at radius 1 is 1.20 bits per heavy atom. The standard InChI is InChI=1S/C16H20O4/c1-2-19-16(18)14(12-8-4-3-5-9-12)20-15(17)13-10-6-7-11-13/h3-5,8-9,13-14H,2,6-7,10-11H2,1H3. The molecular formula is C16H20O4. The van der Waals surface area contributed by atoms with Crippen molar-refractivity contribution in [2.24, 2.45) is 5.92 Å². The van der Waals surface area contributed by atoms with Gasteiger partial charge in [0, 0.05) is 5.56 Å². The van der Waals surface area contributed by atoms with E-state index in [-0.39, 0.29) is 18.5 Å². The molecule has 0 bridgehead atoms. The van der Waals surface area contributed by atoms with Crippen LogP contribution in [0.15, 0.2) is 30.3 Å². The molecule has 2 rings (SSSR count). The molecule has 4 nitrogen and oxygen atoms in total. The molecule has 1 atom stereocenters. The van der Waals surface area contributed by atoms with Crippen molar-refractivity contribution in [1.82, 2.24) is 0 Å². The van der Waals surface area contributed by atoms with E-state index in [9.17, 15) is 9.59 Å². The molecule has 1 saturated carbocycles. The molecule has 20 heavy (non-hydrogen) atoms.